The quantitative estimate of drug-likeness (QED) is 0.128. The second-order valence-corrected chi connectivity index (χ2v) is 16.0. The molecule has 1 aliphatic rings. The van der Waals surface area contributed by atoms with Gasteiger partial charge in [-0.15, -0.1) is 0 Å². The van der Waals surface area contributed by atoms with Gasteiger partial charge < -0.3 is 0 Å². The molecule has 3 unspecified atom stereocenters. The first-order valence-corrected chi connectivity index (χ1v) is 20.9. The standard InChI is InChI=1S/C52H52BN3/c1-7-35(4)38-33-44(36(5)8-2)48(45(34-38)37(6)9-3)53-49-42-29-19-21-31-46(42)54(39-23-13-10-14-24-39)51(49)56(41-27-17-12-18-28-41)52-50(53)43-30-20-22-32-47(43)55(52)40-25-15-11-16-26-40/h10-37H,7-9H2,1-6H3. The van der Waals surface area contributed by atoms with Crippen LogP contribution < -0.4 is 21.3 Å². The van der Waals surface area contributed by atoms with E-state index >= 15 is 0 Å². The first kappa shape index (κ1) is 35.9. The largest absolute Gasteiger partial charge is 0.296 e. The van der Waals surface area contributed by atoms with Crippen LogP contribution in [0.15, 0.2) is 152 Å². The third kappa shape index (κ3) is 5.64. The Balaban J connectivity index is 1.55. The van der Waals surface area contributed by atoms with Gasteiger partial charge in [0.2, 0.25) is 0 Å². The highest BCUT2D eigenvalue weighted by molar-refractivity contribution is 7.01. The molecule has 8 aromatic rings. The highest BCUT2D eigenvalue weighted by atomic mass is 15.3. The number of fused-ring (bicyclic) bond motifs is 6. The summed E-state index contributed by atoms with van der Waals surface area (Å²) in [6.45, 7) is 14.4. The highest BCUT2D eigenvalue weighted by Crippen LogP contribution is 2.45. The van der Waals surface area contributed by atoms with Gasteiger partial charge in [0.1, 0.15) is 11.6 Å². The summed E-state index contributed by atoms with van der Waals surface area (Å²) in [5, 5.41) is 2.60. The first-order chi connectivity index (χ1) is 27.5. The van der Waals surface area contributed by atoms with Crippen LogP contribution in [0, 0.1) is 0 Å². The molecule has 0 bridgehead atoms. The summed E-state index contributed by atoms with van der Waals surface area (Å²) in [4.78, 5) is 2.58. The Bertz CT molecular complexity index is 2500. The summed E-state index contributed by atoms with van der Waals surface area (Å²) in [7, 11) is 0. The van der Waals surface area contributed by atoms with Gasteiger partial charge in [-0.3, -0.25) is 14.0 Å². The van der Waals surface area contributed by atoms with E-state index in [0.717, 1.165) is 36.3 Å². The summed E-state index contributed by atoms with van der Waals surface area (Å²) in [6, 6.07) is 56.6. The van der Waals surface area contributed by atoms with E-state index in [1.165, 1.54) is 66.5 Å². The molecule has 0 amide bonds. The van der Waals surface area contributed by atoms with Gasteiger partial charge in [0.15, 0.2) is 0 Å². The average Bonchev–Trinajstić information content (AvgIpc) is 3.79. The molecule has 0 aliphatic carbocycles. The Morgan fingerprint density at radius 2 is 0.804 bits per heavy atom. The van der Waals surface area contributed by atoms with E-state index in [4.69, 9.17) is 0 Å². The van der Waals surface area contributed by atoms with E-state index < -0.39 is 0 Å². The summed E-state index contributed by atoms with van der Waals surface area (Å²) < 4.78 is 5.08. The lowest BCUT2D eigenvalue weighted by atomic mass is 9.33. The molecule has 278 valence electrons. The van der Waals surface area contributed by atoms with Crippen molar-refractivity contribution in [2.24, 2.45) is 0 Å². The summed E-state index contributed by atoms with van der Waals surface area (Å²) >= 11 is 0. The fourth-order valence-electron chi connectivity index (χ4n) is 9.38. The number of para-hydroxylation sites is 5. The molecule has 3 nitrogen and oxygen atoms in total. The Morgan fingerprint density at radius 1 is 0.429 bits per heavy atom. The van der Waals surface area contributed by atoms with Crippen molar-refractivity contribution in [3.8, 4) is 11.4 Å². The lowest BCUT2D eigenvalue weighted by Crippen LogP contribution is -2.59. The number of benzene rings is 6. The molecular weight excluding hydrogens is 677 g/mol. The fourth-order valence-corrected chi connectivity index (χ4v) is 9.38. The molecule has 56 heavy (non-hydrogen) atoms. The fraction of sp³-hybridized carbons (Fsp3) is 0.231. The van der Waals surface area contributed by atoms with Crippen LogP contribution in [-0.2, 0) is 0 Å². The van der Waals surface area contributed by atoms with E-state index in [9.17, 15) is 0 Å². The molecule has 2 aromatic heterocycles. The van der Waals surface area contributed by atoms with Gasteiger partial charge in [-0.2, -0.15) is 0 Å². The molecule has 0 spiro atoms. The Kier molecular flexibility index (Phi) is 9.45. The number of hydrogen-bond acceptors (Lipinski definition) is 1. The Labute approximate surface area is 333 Å². The molecule has 0 saturated carbocycles. The van der Waals surface area contributed by atoms with Crippen LogP contribution >= 0.6 is 0 Å². The summed E-state index contributed by atoms with van der Waals surface area (Å²) in [5.74, 6) is 3.68. The number of anilines is 3. The van der Waals surface area contributed by atoms with Crippen molar-refractivity contribution in [3.05, 3.63) is 168 Å². The molecule has 3 heterocycles. The van der Waals surface area contributed by atoms with Gasteiger partial charge in [0.25, 0.3) is 6.71 Å². The van der Waals surface area contributed by atoms with Crippen LogP contribution in [0.2, 0.25) is 0 Å². The highest BCUT2D eigenvalue weighted by Gasteiger charge is 2.46. The molecule has 0 N–H and O–H groups in total. The van der Waals surface area contributed by atoms with Crippen molar-refractivity contribution in [3.63, 3.8) is 0 Å². The zero-order chi connectivity index (χ0) is 38.5. The van der Waals surface area contributed by atoms with Gasteiger partial charge >= 0.3 is 0 Å². The van der Waals surface area contributed by atoms with E-state index in [2.05, 4.69) is 207 Å². The molecular formula is C52H52BN3. The minimum atomic E-state index is -0.0244. The van der Waals surface area contributed by atoms with Crippen molar-refractivity contribution >= 4 is 62.2 Å². The van der Waals surface area contributed by atoms with Crippen LogP contribution in [0.4, 0.5) is 17.3 Å². The SMILES string of the molecule is CCC(C)c1cc(C(C)CC)c(B2c3c(n(-c4ccccc4)c4ccccc34)N(c3ccccc3)c3c2c2ccccc2n3-c2ccccc2)c(C(C)CC)c1. The smallest absolute Gasteiger partial charge is 0.253 e. The predicted molar refractivity (Wildman–Crippen MR) is 242 cm³/mol. The van der Waals surface area contributed by atoms with Crippen LogP contribution in [0.25, 0.3) is 33.2 Å². The van der Waals surface area contributed by atoms with E-state index in [-0.39, 0.29) is 6.71 Å². The average molecular weight is 730 g/mol. The summed E-state index contributed by atoms with van der Waals surface area (Å²) in [6.07, 6.45) is 3.28. The minimum Gasteiger partial charge on any atom is -0.296 e. The first-order valence-electron chi connectivity index (χ1n) is 20.9. The molecule has 6 aromatic carbocycles. The van der Waals surface area contributed by atoms with E-state index in [0.29, 0.717) is 17.8 Å². The van der Waals surface area contributed by atoms with Crippen LogP contribution in [0.1, 0.15) is 95.2 Å². The summed E-state index contributed by atoms with van der Waals surface area (Å²) in [5.41, 5.74) is 14.6. The monoisotopic (exact) mass is 729 g/mol. The number of aromatic nitrogens is 2. The second-order valence-electron chi connectivity index (χ2n) is 16.0. The van der Waals surface area contributed by atoms with Crippen molar-refractivity contribution in [2.75, 3.05) is 4.90 Å². The molecule has 3 atom stereocenters. The maximum Gasteiger partial charge on any atom is 0.253 e. The normalized spacial score (nSPS) is 14.2. The van der Waals surface area contributed by atoms with E-state index in [1.807, 2.05) is 0 Å². The van der Waals surface area contributed by atoms with Crippen molar-refractivity contribution in [2.45, 2.75) is 78.6 Å². The predicted octanol–water partition coefficient (Wildman–Crippen LogP) is 12.4. The third-order valence-electron chi connectivity index (χ3n) is 12.8. The Hall–Kier alpha value is -5.74. The zero-order valence-corrected chi connectivity index (χ0v) is 33.7. The topological polar surface area (TPSA) is 13.1 Å². The van der Waals surface area contributed by atoms with E-state index in [1.54, 1.807) is 0 Å². The Morgan fingerprint density at radius 3 is 1.21 bits per heavy atom. The molecule has 4 heteroatoms. The van der Waals surface area contributed by atoms with Crippen LogP contribution in [0.5, 0.6) is 0 Å². The minimum absolute atomic E-state index is 0.0244. The lowest BCUT2D eigenvalue weighted by molar-refractivity contribution is 0.696. The van der Waals surface area contributed by atoms with Crippen molar-refractivity contribution in [1.29, 1.82) is 0 Å². The molecule has 0 saturated heterocycles. The molecule has 9 rings (SSSR count). The molecule has 0 radical (unpaired) electrons. The number of hydrogen-bond donors (Lipinski definition) is 0. The van der Waals surface area contributed by atoms with Gasteiger partial charge in [0.05, 0.1) is 11.0 Å². The van der Waals surface area contributed by atoms with Gasteiger partial charge in [-0.1, -0.05) is 150 Å². The maximum atomic E-state index is 2.61. The molecule has 0 fully saturated rings. The number of rotatable bonds is 10. The van der Waals surface area contributed by atoms with Crippen molar-refractivity contribution < 1.29 is 0 Å². The lowest BCUT2D eigenvalue weighted by Gasteiger charge is -2.38. The second kappa shape index (κ2) is 14.7. The third-order valence-corrected chi connectivity index (χ3v) is 12.8. The van der Waals surface area contributed by atoms with Crippen molar-refractivity contribution in [1.82, 2.24) is 9.13 Å². The van der Waals surface area contributed by atoms with Gasteiger partial charge in [0, 0.05) is 17.1 Å². The van der Waals surface area contributed by atoms with Crippen LogP contribution in [0.3, 0.4) is 0 Å². The number of nitrogens with zero attached hydrogens (tertiary/aromatic N) is 3. The van der Waals surface area contributed by atoms with Gasteiger partial charge in [-0.25, -0.2) is 0 Å². The van der Waals surface area contributed by atoms with Crippen LogP contribution in [-0.4, -0.2) is 15.8 Å². The molecule has 1 aliphatic heterocycles. The maximum absolute atomic E-state index is 2.61. The van der Waals surface area contributed by atoms with Gasteiger partial charge in [-0.05, 0) is 124 Å². The zero-order valence-electron chi connectivity index (χ0n) is 33.7.